The number of rotatable bonds is 16. The van der Waals surface area contributed by atoms with Gasteiger partial charge in [0.25, 0.3) is 0 Å². The molecular formula is C21H51NO4Si3. The van der Waals surface area contributed by atoms with Crippen molar-refractivity contribution in [2.75, 3.05) is 41.5 Å². The summed E-state index contributed by atoms with van der Waals surface area (Å²) in [5, 5.41) is 0. The summed E-state index contributed by atoms with van der Waals surface area (Å²) in [6.45, 7) is 21.3. The van der Waals surface area contributed by atoms with Gasteiger partial charge in [-0.3, -0.25) is 0 Å². The first-order valence-electron chi connectivity index (χ1n) is 11.3. The maximum absolute atomic E-state index is 5.73. The smallest absolute Gasteiger partial charge is 0.334 e. The van der Waals surface area contributed by atoms with Gasteiger partial charge in [-0.05, 0) is 67.7 Å². The van der Waals surface area contributed by atoms with Crippen LogP contribution in [0.3, 0.4) is 0 Å². The molecule has 0 N–H and O–H groups in total. The molecule has 176 valence electrons. The van der Waals surface area contributed by atoms with Crippen molar-refractivity contribution in [1.29, 1.82) is 0 Å². The van der Waals surface area contributed by atoms with Crippen molar-refractivity contribution in [3.05, 3.63) is 0 Å². The van der Waals surface area contributed by atoms with E-state index in [0.717, 1.165) is 38.0 Å². The molecule has 0 spiro atoms. The lowest BCUT2D eigenvalue weighted by Crippen LogP contribution is -2.61. The van der Waals surface area contributed by atoms with Crippen LogP contribution in [0.4, 0.5) is 0 Å². The van der Waals surface area contributed by atoms with Crippen LogP contribution in [0.2, 0.25) is 41.8 Å². The Hall–Kier alpha value is 0.451. The van der Waals surface area contributed by atoms with Crippen molar-refractivity contribution in [3.63, 3.8) is 0 Å². The molecule has 29 heavy (non-hydrogen) atoms. The van der Waals surface area contributed by atoms with Gasteiger partial charge in [-0.2, -0.15) is 0 Å². The van der Waals surface area contributed by atoms with Crippen molar-refractivity contribution in [2.45, 2.75) is 96.2 Å². The third-order valence-electron chi connectivity index (χ3n) is 7.17. The molecule has 0 radical (unpaired) electrons. The molecule has 0 saturated heterocycles. The molecule has 0 unspecified atom stereocenters. The van der Waals surface area contributed by atoms with Gasteiger partial charge >= 0.3 is 17.1 Å². The molecule has 0 aromatic heterocycles. The lowest BCUT2D eigenvalue weighted by molar-refractivity contribution is 0.244. The van der Waals surface area contributed by atoms with E-state index < -0.39 is 25.4 Å². The Morgan fingerprint density at radius 2 is 0.862 bits per heavy atom. The van der Waals surface area contributed by atoms with Crippen molar-refractivity contribution >= 4 is 25.4 Å². The van der Waals surface area contributed by atoms with Crippen LogP contribution in [0.1, 0.15) is 54.4 Å². The van der Waals surface area contributed by atoms with E-state index >= 15 is 0 Å². The molecule has 0 aliphatic rings. The molecule has 8 heteroatoms. The highest BCUT2D eigenvalue weighted by atomic mass is 28.4. The van der Waals surface area contributed by atoms with E-state index in [0.29, 0.717) is 16.6 Å². The second kappa shape index (κ2) is 13.1. The van der Waals surface area contributed by atoms with Gasteiger partial charge in [0.05, 0.1) is 0 Å². The van der Waals surface area contributed by atoms with Gasteiger partial charge in [-0.25, -0.2) is 0 Å². The van der Waals surface area contributed by atoms with Crippen LogP contribution in [0.15, 0.2) is 0 Å². The molecule has 0 atom stereocenters. The van der Waals surface area contributed by atoms with E-state index in [-0.39, 0.29) is 0 Å². The van der Waals surface area contributed by atoms with E-state index in [9.17, 15) is 0 Å². The van der Waals surface area contributed by atoms with Crippen LogP contribution in [0, 0.1) is 0 Å². The van der Waals surface area contributed by atoms with Crippen molar-refractivity contribution in [2.24, 2.45) is 0 Å². The van der Waals surface area contributed by atoms with Gasteiger partial charge in [-0.1, -0.05) is 41.5 Å². The maximum atomic E-state index is 5.73. The fourth-order valence-electron chi connectivity index (χ4n) is 5.35. The fraction of sp³-hybridized carbons (Fsp3) is 1.00. The summed E-state index contributed by atoms with van der Waals surface area (Å²) in [6, 6.07) is 2.08. The molecule has 0 aliphatic carbocycles. The molecule has 0 fully saturated rings. The van der Waals surface area contributed by atoms with Crippen molar-refractivity contribution < 1.29 is 17.7 Å². The Morgan fingerprint density at radius 3 is 1.07 bits per heavy atom. The Kier molecular flexibility index (Phi) is 13.3. The van der Waals surface area contributed by atoms with Gasteiger partial charge in [-0.15, -0.1) is 0 Å². The van der Waals surface area contributed by atoms with E-state index in [1.54, 1.807) is 28.4 Å². The molecule has 0 aromatic rings. The molecular weight excluding hydrogens is 414 g/mol. The minimum atomic E-state index is -2.02. The Labute approximate surface area is 185 Å². The first-order chi connectivity index (χ1) is 13.4. The average molecular weight is 466 g/mol. The molecule has 5 nitrogen and oxygen atoms in total. The fourth-order valence-corrected chi connectivity index (χ4v) is 15.4. The van der Waals surface area contributed by atoms with Crippen LogP contribution in [0.5, 0.6) is 0 Å². The third kappa shape index (κ3) is 7.82. The zero-order valence-corrected chi connectivity index (χ0v) is 24.6. The van der Waals surface area contributed by atoms with Crippen LogP contribution < -0.4 is 0 Å². The lowest BCUT2D eigenvalue weighted by Gasteiger charge is -2.51. The zero-order valence-electron chi connectivity index (χ0n) is 21.6. The standard InChI is InChI=1S/C21H51NO4Si3/c1-19(2)29(20(3)4,21(5)6)22(15-13-17-27(11,23-7)24-8)16-14-18-28(12,25-9)26-10/h19-21H,13-18H2,1-12H3. The van der Waals surface area contributed by atoms with Gasteiger partial charge in [0.1, 0.15) is 8.24 Å². The lowest BCUT2D eigenvalue weighted by atomic mass is 10.4. The summed E-state index contributed by atoms with van der Waals surface area (Å²) in [5.74, 6) is 0. The van der Waals surface area contributed by atoms with Crippen molar-refractivity contribution in [1.82, 2.24) is 4.57 Å². The normalized spacial score (nSPS) is 14.1. The molecule has 0 saturated carbocycles. The minimum Gasteiger partial charge on any atom is -0.398 e. The topological polar surface area (TPSA) is 40.2 Å². The van der Waals surface area contributed by atoms with E-state index in [4.69, 9.17) is 17.7 Å². The van der Waals surface area contributed by atoms with Gasteiger partial charge in [0.2, 0.25) is 0 Å². The van der Waals surface area contributed by atoms with Crippen molar-refractivity contribution in [3.8, 4) is 0 Å². The number of hydrogen-bond donors (Lipinski definition) is 0. The zero-order chi connectivity index (χ0) is 22.9. The predicted molar refractivity (Wildman–Crippen MR) is 133 cm³/mol. The van der Waals surface area contributed by atoms with Crippen LogP contribution in [-0.4, -0.2) is 71.5 Å². The average Bonchev–Trinajstić information content (AvgIpc) is 2.66. The van der Waals surface area contributed by atoms with Crippen LogP contribution >= 0.6 is 0 Å². The van der Waals surface area contributed by atoms with Gasteiger partial charge < -0.3 is 22.3 Å². The highest BCUT2D eigenvalue weighted by Gasteiger charge is 2.48. The predicted octanol–water partition coefficient (Wildman–Crippen LogP) is 5.97. The second-order valence-corrected chi connectivity index (χ2v) is 22.7. The summed E-state index contributed by atoms with van der Waals surface area (Å²) in [6.07, 6.45) is 2.27. The second-order valence-electron chi connectivity index (χ2n) is 9.63. The molecule has 0 aliphatic heterocycles. The first-order valence-corrected chi connectivity index (χ1v) is 18.6. The highest BCUT2D eigenvalue weighted by molar-refractivity contribution is 6.81. The van der Waals surface area contributed by atoms with Crippen LogP contribution in [0.25, 0.3) is 0 Å². The summed E-state index contributed by atoms with van der Waals surface area (Å²) in [7, 11) is 1.45. The van der Waals surface area contributed by atoms with Gasteiger partial charge in [0, 0.05) is 28.4 Å². The molecule has 0 bridgehead atoms. The summed E-state index contributed by atoms with van der Waals surface area (Å²) in [5.41, 5.74) is 2.14. The van der Waals surface area contributed by atoms with E-state index in [2.05, 4.69) is 59.2 Å². The SMILES string of the molecule is CO[Si](C)(CCCN(CCC[Si](C)(OC)OC)[Si](C(C)C)(C(C)C)C(C)C)OC. The number of hydrogen-bond acceptors (Lipinski definition) is 5. The monoisotopic (exact) mass is 465 g/mol. The summed E-state index contributed by atoms with van der Waals surface area (Å²) in [4.78, 5) is 0. The molecule has 0 rings (SSSR count). The first kappa shape index (κ1) is 29.5. The largest absolute Gasteiger partial charge is 0.398 e. The quantitative estimate of drug-likeness (QED) is 0.262. The Morgan fingerprint density at radius 1 is 0.586 bits per heavy atom. The summed E-state index contributed by atoms with van der Waals surface area (Å²) < 4.78 is 25.8. The van der Waals surface area contributed by atoms with E-state index in [1.165, 1.54) is 0 Å². The van der Waals surface area contributed by atoms with Gasteiger partial charge in [0.15, 0.2) is 0 Å². The van der Waals surface area contributed by atoms with Crippen LogP contribution in [-0.2, 0) is 17.7 Å². The minimum absolute atomic E-state index is 0.712. The molecule has 0 heterocycles. The van der Waals surface area contributed by atoms with E-state index in [1.807, 2.05) is 0 Å². The molecule has 0 amide bonds. The Balaban J connectivity index is 5.56. The Bertz CT molecular complexity index is 396. The molecule has 0 aromatic carbocycles. The number of nitrogens with zero attached hydrogens (tertiary/aromatic N) is 1. The highest BCUT2D eigenvalue weighted by Crippen LogP contribution is 2.44. The summed E-state index contributed by atoms with van der Waals surface area (Å²) >= 11 is 0. The maximum Gasteiger partial charge on any atom is 0.334 e. The third-order valence-corrected chi connectivity index (χ3v) is 20.2.